The first-order valence-corrected chi connectivity index (χ1v) is 7.53. The summed E-state index contributed by atoms with van der Waals surface area (Å²) in [7, 11) is -2.01. The van der Waals surface area contributed by atoms with E-state index in [9.17, 15) is 13.5 Å². The highest BCUT2D eigenvalue weighted by Crippen LogP contribution is 2.27. The number of methoxy groups -OCH3 is 1. The van der Waals surface area contributed by atoms with Crippen LogP contribution in [0.4, 0.5) is 0 Å². The van der Waals surface area contributed by atoms with Gasteiger partial charge in [-0.1, -0.05) is 0 Å². The van der Waals surface area contributed by atoms with Crippen molar-refractivity contribution in [1.82, 2.24) is 4.31 Å². The fraction of sp³-hybridized carbons (Fsp3) is 0.600. The zero-order valence-electron chi connectivity index (χ0n) is 9.66. The van der Waals surface area contributed by atoms with Crippen LogP contribution in [0.25, 0.3) is 0 Å². The number of β-amino-alcohol motifs (C(OH)–C–C–N with tert-alkyl or cyclic N) is 1. The molecule has 1 aromatic rings. The second-order valence-electron chi connectivity index (χ2n) is 4.11. The van der Waals surface area contributed by atoms with E-state index in [-0.39, 0.29) is 13.1 Å². The van der Waals surface area contributed by atoms with Crippen LogP contribution in [-0.4, -0.2) is 50.2 Å². The SMILES string of the molecule is CO[C@@H]1CN(S(=O)(=O)c2cc(C)cs2)C[C@H]1O. The minimum Gasteiger partial charge on any atom is -0.389 e. The van der Waals surface area contributed by atoms with E-state index in [1.54, 1.807) is 11.4 Å². The maximum Gasteiger partial charge on any atom is 0.252 e. The molecule has 2 atom stereocenters. The molecule has 2 rings (SSSR count). The van der Waals surface area contributed by atoms with Gasteiger partial charge in [0.1, 0.15) is 4.21 Å². The standard InChI is InChI=1S/C10H15NO4S2/c1-7-3-10(16-6-7)17(13,14)11-4-8(12)9(5-11)15-2/h3,6,8-9,12H,4-5H2,1-2H3/t8-,9-/m1/s1. The molecule has 1 aliphatic heterocycles. The second-order valence-corrected chi connectivity index (χ2v) is 7.18. The lowest BCUT2D eigenvalue weighted by Gasteiger charge is -2.14. The Labute approximate surface area is 105 Å². The van der Waals surface area contributed by atoms with Gasteiger partial charge in [-0.2, -0.15) is 4.31 Å². The third kappa shape index (κ3) is 2.38. The van der Waals surface area contributed by atoms with E-state index in [0.717, 1.165) is 5.56 Å². The van der Waals surface area contributed by atoms with E-state index in [2.05, 4.69) is 0 Å². The predicted molar refractivity (Wildman–Crippen MR) is 64.6 cm³/mol. The lowest BCUT2D eigenvalue weighted by atomic mass is 10.3. The molecule has 0 bridgehead atoms. The lowest BCUT2D eigenvalue weighted by molar-refractivity contribution is 0.0216. The molecule has 0 aliphatic carbocycles. The first kappa shape index (κ1) is 13.0. The Hall–Kier alpha value is -0.470. The van der Waals surface area contributed by atoms with Crippen LogP contribution in [0.15, 0.2) is 15.7 Å². The number of ether oxygens (including phenoxy) is 1. The average Bonchev–Trinajstić information content (AvgIpc) is 2.85. The Morgan fingerprint density at radius 2 is 2.24 bits per heavy atom. The highest BCUT2D eigenvalue weighted by molar-refractivity contribution is 7.91. The van der Waals surface area contributed by atoms with Crippen LogP contribution in [0, 0.1) is 6.92 Å². The highest BCUT2D eigenvalue weighted by Gasteiger charge is 2.39. The van der Waals surface area contributed by atoms with Crippen molar-refractivity contribution in [3.05, 3.63) is 17.0 Å². The summed E-state index contributed by atoms with van der Waals surface area (Å²) < 4.78 is 31.1. The molecule has 1 saturated heterocycles. The van der Waals surface area contributed by atoms with Crippen molar-refractivity contribution < 1.29 is 18.3 Å². The molecule has 1 fully saturated rings. The number of hydrogen-bond donors (Lipinski definition) is 1. The Morgan fingerprint density at radius 1 is 1.53 bits per heavy atom. The van der Waals surface area contributed by atoms with Crippen LogP contribution < -0.4 is 0 Å². The lowest BCUT2D eigenvalue weighted by Crippen LogP contribution is -2.29. The topological polar surface area (TPSA) is 66.8 Å². The largest absolute Gasteiger partial charge is 0.389 e. The molecule has 2 heterocycles. The molecule has 1 aromatic heterocycles. The minimum atomic E-state index is -3.48. The van der Waals surface area contributed by atoms with Gasteiger partial charge in [-0.15, -0.1) is 11.3 Å². The first-order valence-electron chi connectivity index (χ1n) is 5.21. The normalized spacial score (nSPS) is 26.5. The Morgan fingerprint density at radius 3 is 2.71 bits per heavy atom. The fourth-order valence-electron chi connectivity index (χ4n) is 1.82. The van der Waals surface area contributed by atoms with E-state index < -0.39 is 22.2 Å². The zero-order valence-corrected chi connectivity index (χ0v) is 11.3. The third-order valence-corrected chi connectivity index (χ3v) is 6.17. The Bertz CT molecular complexity index is 496. The number of hydrogen-bond acceptors (Lipinski definition) is 5. The average molecular weight is 277 g/mol. The maximum atomic E-state index is 12.2. The molecule has 0 radical (unpaired) electrons. The fourth-order valence-corrected chi connectivity index (χ4v) is 4.67. The monoisotopic (exact) mass is 277 g/mol. The molecule has 0 aromatic carbocycles. The molecule has 96 valence electrons. The van der Waals surface area contributed by atoms with Crippen molar-refractivity contribution in [1.29, 1.82) is 0 Å². The summed E-state index contributed by atoms with van der Waals surface area (Å²) in [5.74, 6) is 0. The number of sulfonamides is 1. The molecular weight excluding hydrogens is 262 g/mol. The molecule has 0 amide bonds. The summed E-state index contributed by atoms with van der Waals surface area (Å²) in [5, 5.41) is 11.4. The minimum absolute atomic E-state index is 0.0950. The van der Waals surface area contributed by atoms with Gasteiger partial charge < -0.3 is 9.84 Å². The summed E-state index contributed by atoms with van der Waals surface area (Å²) in [4.78, 5) is 0. The quantitative estimate of drug-likeness (QED) is 0.870. The summed E-state index contributed by atoms with van der Waals surface area (Å²) in [6.07, 6.45) is -1.19. The van der Waals surface area contributed by atoms with Crippen LogP contribution in [0.2, 0.25) is 0 Å². The Kier molecular flexibility index (Phi) is 3.55. The van der Waals surface area contributed by atoms with Gasteiger partial charge in [0.2, 0.25) is 0 Å². The molecular formula is C10H15NO4S2. The molecule has 1 aliphatic rings. The molecule has 0 spiro atoms. The number of thiophene rings is 1. The van der Waals surface area contributed by atoms with Crippen LogP contribution in [0.1, 0.15) is 5.56 Å². The van der Waals surface area contributed by atoms with Gasteiger partial charge in [-0.05, 0) is 23.9 Å². The van der Waals surface area contributed by atoms with Crippen LogP contribution in [-0.2, 0) is 14.8 Å². The molecule has 7 heteroatoms. The maximum absolute atomic E-state index is 12.2. The number of aryl methyl sites for hydroxylation is 1. The van der Waals surface area contributed by atoms with Crippen LogP contribution in [0.5, 0.6) is 0 Å². The number of aliphatic hydroxyl groups excluding tert-OH is 1. The summed E-state index contributed by atoms with van der Waals surface area (Å²) in [6, 6.07) is 1.65. The highest BCUT2D eigenvalue weighted by atomic mass is 32.2. The van der Waals surface area contributed by atoms with Gasteiger partial charge >= 0.3 is 0 Å². The first-order chi connectivity index (χ1) is 7.95. The third-order valence-electron chi connectivity index (χ3n) is 2.81. The van der Waals surface area contributed by atoms with Gasteiger partial charge in [0.15, 0.2) is 0 Å². The van der Waals surface area contributed by atoms with Crippen LogP contribution >= 0.6 is 11.3 Å². The smallest absolute Gasteiger partial charge is 0.252 e. The van der Waals surface area contributed by atoms with Crippen molar-refractivity contribution >= 4 is 21.4 Å². The van der Waals surface area contributed by atoms with Crippen molar-refractivity contribution in [2.24, 2.45) is 0 Å². The molecule has 17 heavy (non-hydrogen) atoms. The molecule has 5 nitrogen and oxygen atoms in total. The summed E-state index contributed by atoms with van der Waals surface area (Å²) >= 11 is 1.20. The zero-order chi connectivity index (χ0) is 12.6. The molecule has 0 saturated carbocycles. The van der Waals surface area contributed by atoms with E-state index in [0.29, 0.717) is 4.21 Å². The number of aliphatic hydroxyl groups is 1. The van der Waals surface area contributed by atoms with Gasteiger partial charge in [-0.25, -0.2) is 8.42 Å². The van der Waals surface area contributed by atoms with Gasteiger partial charge in [0.05, 0.1) is 12.2 Å². The molecule has 1 N–H and O–H groups in total. The van der Waals surface area contributed by atoms with E-state index in [1.807, 2.05) is 6.92 Å². The Balaban J connectivity index is 2.23. The van der Waals surface area contributed by atoms with Gasteiger partial charge in [-0.3, -0.25) is 0 Å². The summed E-state index contributed by atoms with van der Waals surface area (Å²) in [6.45, 7) is 2.15. The van der Waals surface area contributed by atoms with E-state index in [1.165, 1.54) is 22.8 Å². The van der Waals surface area contributed by atoms with E-state index >= 15 is 0 Å². The van der Waals surface area contributed by atoms with Crippen molar-refractivity contribution in [3.8, 4) is 0 Å². The number of nitrogens with zero attached hydrogens (tertiary/aromatic N) is 1. The van der Waals surface area contributed by atoms with Gasteiger partial charge in [0, 0.05) is 20.2 Å². The van der Waals surface area contributed by atoms with Crippen molar-refractivity contribution in [2.75, 3.05) is 20.2 Å². The second kappa shape index (κ2) is 4.66. The van der Waals surface area contributed by atoms with Crippen molar-refractivity contribution in [3.63, 3.8) is 0 Å². The summed E-state index contributed by atoms with van der Waals surface area (Å²) in [5.41, 5.74) is 0.927. The number of rotatable bonds is 3. The van der Waals surface area contributed by atoms with Crippen molar-refractivity contribution in [2.45, 2.75) is 23.3 Å². The van der Waals surface area contributed by atoms with E-state index in [4.69, 9.17) is 4.74 Å². The molecule has 0 unspecified atom stereocenters. The van der Waals surface area contributed by atoms with Gasteiger partial charge in [0.25, 0.3) is 10.0 Å². The predicted octanol–water partition coefficient (Wildman–Crippen LogP) is 0.437. The van der Waals surface area contributed by atoms with Crippen LogP contribution in [0.3, 0.4) is 0 Å².